The van der Waals surface area contributed by atoms with Crippen molar-refractivity contribution in [2.45, 2.75) is 33.5 Å². The SMILES string of the molecule is Cc1cccc(C)c1-c1cc(Oc2cc(-c3cc4c(cn3)ncn3c5ccccc5nc43)ccc2[Si](C)(C)C)nc(-c2ccccc2)c1. The molecule has 0 N–H and O–H groups in total. The topological polar surface area (TPSA) is 65.2 Å². The van der Waals surface area contributed by atoms with E-state index in [-0.39, 0.29) is 0 Å². The number of nitrogens with zero attached hydrogens (tertiary/aromatic N) is 5. The Morgan fingerprint density at radius 2 is 1.40 bits per heavy atom. The molecule has 6 nitrogen and oxygen atoms in total. The molecule has 0 fully saturated rings. The van der Waals surface area contributed by atoms with E-state index < -0.39 is 8.07 Å². The molecular weight excluding hydrogens is 607 g/mol. The van der Waals surface area contributed by atoms with E-state index >= 15 is 0 Å². The highest BCUT2D eigenvalue weighted by atomic mass is 28.3. The molecule has 0 spiro atoms. The number of para-hydroxylation sites is 2. The van der Waals surface area contributed by atoms with Crippen molar-refractivity contribution in [3.8, 4) is 45.3 Å². The first-order valence-corrected chi connectivity index (χ1v) is 19.7. The summed E-state index contributed by atoms with van der Waals surface area (Å²) in [6, 6.07) is 37.6. The standard InChI is InChI=1S/C41H35N5OSi/c1-26-12-11-13-27(2)40(26)30-20-34(28-14-7-6-8-15-28)44-39(22-30)47-37-21-29(18-19-38(37)48(3,4)5)33-23-31-35(24-42-33)43-25-46-36-17-10-9-16-32(36)45-41(31)46/h6-25H,1-5H3. The average molecular weight is 642 g/mol. The molecule has 0 amide bonds. The van der Waals surface area contributed by atoms with Gasteiger partial charge in [0.05, 0.1) is 42.2 Å². The Morgan fingerprint density at radius 1 is 0.625 bits per heavy atom. The number of hydrogen-bond acceptors (Lipinski definition) is 5. The van der Waals surface area contributed by atoms with E-state index in [0.717, 1.165) is 61.4 Å². The highest BCUT2D eigenvalue weighted by molar-refractivity contribution is 6.89. The van der Waals surface area contributed by atoms with Gasteiger partial charge < -0.3 is 4.74 Å². The molecule has 0 radical (unpaired) electrons. The van der Waals surface area contributed by atoms with Crippen molar-refractivity contribution in [2.24, 2.45) is 0 Å². The van der Waals surface area contributed by atoms with Gasteiger partial charge in [0.15, 0.2) is 0 Å². The summed E-state index contributed by atoms with van der Waals surface area (Å²) < 4.78 is 8.91. The Kier molecular flexibility index (Phi) is 7.15. The lowest BCUT2D eigenvalue weighted by molar-refractivity contribution is 0.467. The van der Waals surface area contributed by atoms with Crippen molar-refractivity contribution in [1.29, 1.82) is 0 Å². The smallest absolute Gasteiger partial charge is 0.220 e. The van der Waals surface area contributed by atoms with Crippen LogP contribution in [0.3, 0.4) is 0 Å². The van der Waals surface area contributed by atoms with E-state index in [4.69, 9.17) is 24.7 Å². The van der Waals surface area contributed by atoms with Crippen molar-refractivity contribution < 1.29 is 4.74 Å². The minimum Gasteiger partial charge on any atom is -0.439 e. The third-order valence-corrected chi connectivity index (χ3v) is 11.0. The second-order valence-corrected chi connectivity index (χ2v) is 18.4. The number of ether oxygens (including phenoxy) is 1. The zero-order valence-corrected chi connectivity index (χ0v) is 28.7. The first-order valence-electron chi connectivity index (χ1n) is 16.2. The van der Waals surface area contributed by atoms with E-state index in [0.29, 0.717) is 5.88 Å². The van der Waals surface area contributed by atoms with Crippen LogP contribution in [0.4, 0.5) is 0 Å². The molecule has 4 aromatic carbocycles. The van der Waals surface area contributed by atoms with Gasteiger partial charge in [-0.25, -0.2) is 15.0 Å². The Morgan fingerprint density at radius 3 is 2.19 bits per heavy atom. The Labute approximate surface area is 280 Å². The molecule has 234 valence electrons. The maximum atomic E-state index is 6.87. The van der Waals surface area contributed by atoms with Crippen LogP contribution in [-0.4, -0.2) is 32.4 Å². The van der Waals surface area contributed by atoms with Crippen LogP contribution >= 0.6 is 0 Å². The van der Waals surface area contributed by atoms with Gasteiger partial charge in [-0.15, -0.1) is 0 Å². The highest BCUT2D eigenvalue weighted by Gasteiger charge is 2.24. The molecule has 0 unspecified atom stereocenters. The zero-order valence-electron chi connectivity index (χ0n) is 27.7. The van der Waals surface area contributed by atoms with Gasteiger partial charge in [-0.05, 0) is 71.6 Å². The molecule has 0 aliphatic heterocycles. The molecule has 4 heterocycles. The first kappa shape index (κ1) is 29.7. The van der Waals surface area contributed by atoms with Crippen LogP contribution in [0.15, 0.2) is 122 Å². The van der Waals surface area contributed by atoms with E-state index in [2.05, 4.69) is 106 Å². The number of aromatic nitrogens is 5. The first-order chi connectivity index (χ1) is 23.2. The molecule has 7 heteroatoms. The van der Waals surface area contributed by atoms with Gasteiger partial charge in [0, 0.05) is 22.6 Å². The number of aryl methyl sites for hydroxylation is 2. The molecule has 4 aromatic heterocycles. The van der Waals surface area contributed by atoms with E-state index in [9.17, 15) is 0 Å². The van der Waals surface area contributed by atoms with Crippen LogP contribution in [0.1, 0.15) is 11.1 Å². The predicted molar refractivity (Wildman–Crippen MR) is 199 cm³/mol. The van der Waals surface area contributed by atoms with Gasteiger partial charge in [-0.3, -0.25) is 9.38 Å². The molecule has 8 rings (SSSR count). The number of pyridine rings is 2. The Balaban J connectivity index is 1.27. The molecule has 0 saturated carbocycles. The number of rotatable bonds is 6. The Bertz CT molecular complexity index is 2480. The molecule has 0 bridgehead atoms. The summed E-state index contributed by atoms with van der Waals surface area (Å²) in [6.07, 6.45) is 3.66. The van der Waals surface area contributed by atoms with Crippen molar-refractivity contribution in [1.82, 2.24) is 24.3 Å². The quantitative estimate of drug-likeness (QED) is 0.169. The van der Waals surface area contributed by atoms with Crippen LogP contribution in [0.2, 0.25) is 19.6 Å². The molecule has 0 saturated heterocycles. The van der Waals surface area contributed by atoms with Crippen molar-refractivity contribution in [3.63, 3.8) is 0 Å². The van der Waals surface area contributed by atoms with Gasteiger partial charge in [0.25, 0.3) is 0 Å². The van der Waals surface area contributed by atoms with Crippen molar-refractivity contribution in [3.05, 3.63) is 133 Å². The van der Waals surface area contributed by atoms with Gasteiger partial charge in [-0.2, -0.15) is 0 Å². The third-order valence-electron chi connectivity index (χ3n) is 8.97. The fraction of sp³-hybridized carbons (Fsp3) is 0.122. The van der Waals surface area contributed by atoms with Crippen molar-refractivity contribution >= 4 is 40.8 Å². The minimum absolute atomic E-state index is 0.562. The van der Waals surface area contributed by atoms with E-state index in [1.165, 1.54) is 21.9 Å². The Hall–Kier alpha value is -5.66. The fourth-order valence-corrected chi connectivity index (χ4v) is 8.03. The summed E-state index contributed by atoms with van der Waals surface area (Å²) in [7, 11) is -1.82. The van der Waals surface area contributed by atoms with Crippen molar-refractivity contribution in [2.75, 3.05) is 0 Å². The summed E-state index contributed by atoms with van der Waals surface area (Å²) in [6.45, 7) is 11.3. The van der Waals surface area contributed by atoms with Gasteiger partial charge in [-0.1, -0.05) is 92.4 Å². The molecule has 8 aromatic rings. The second-order valence-electron chi connectivity index (χ2n) is 13.4. The second kappa shape index (κ2) is 11.5. The summed E-state index contributed by atoms with van der Waals surface area (Å²) in [5.74, 6) is 1.37. The maximum absolute atomic E-state index is 6.87. The molecule has 0 aliphatic carbocycles. The monoisotopic (exact) mass is 641 g/mol. The fourth-order valence-electron chi connectivity index (χ4n) is 6.59. The lowest BCUT2D eigenvalue weighted by Gasteiger charge is -2.22. The van der Waals surface area contributed by atoms with Crippen LogP contribution < -0.4 is 9.92 Å². The lowest BCUT2D eigenvalue weighted by atomic mass is 9.95. The number of fused-ring (bicyclic) bond motifs is 5. The molecule has 0 atom stereocenters. The van der Waals surface area contributed by atoms with E-state index in [1.807, 2.05) is 53.3 Å². The predicted octanol–water partition coefficient (Wildman–Crippen LogP) is 9.78. The average Bonchev–Trinajstić information content (AvgIpc) is 3.47. The van der Waals surface area contributed by atoms with Crippen LogP contribution in [0.5, 0.6) is 11.6 Å². The minimum atomic E-state index is -1.82. The summed E-state index contributed by atoms with van der Waals surface area (Å²) >= 11 is 0. The van der Waals surface area contributed by atoms with Crippen LogP contribution in [-0.2, 0) is 0 Å². The van der Waals surface area contributed by atoms with E-state index in [1.54, 1.807) is 0 Å². The van der Waals surface area contributed by atoms with Crippen LogP contribution in [0.25, 0.3) is 61.2 Å². The highest BCUT2D eigenvalue weighted by Crippen LogP contribution is 2.35. The van der Waals surface area contributed by atoms with Crippen LogP contribution in [0, 0.1) is 13.8 Å². The lowest BCUT2D eigenvalue weighted by Crippen LogP contribution is -2.38. The normalized spacial score (nSPS) is 11.9. The molecule has 0 aliphatic rings. The number of imidazole rings is 1. The zero-order chi connectivity index (χ0) is 33.0. The summed E-state index contributed by atoms with van der Waals surface area (Å²) in [5, 5.41) is 2.17. The number of hydrogen-bond donors (Lipinski definition) is 0. The third kappa shape index (κ3) is 5.32. The van der Waals surface area contributed by atoms with Gasteiger partial charge in [0.1, 0.15) is 17.7 Å². The summed E-state index contributed by atoms with van der Waals surface area (Å²) in [5.41, 5.74) is 12.1. The maximum Gasteiger partial charge on any atom is 0.220 e. The molecule has 48 heavy (non-hydrogen) atoms. The number of benzene rings is 4. The van der Waals surface area contributed by atoms with Gasteiger partial charge >= 0.3 is 0 Å². The largest absolute Gasteiger partial charge is 0.439 e. The summed E-state index contributed by atoms with van der Waals surface area (Å²) in [4.78, 5) is 19.6. The molecular formula is C41H35N5OSi. The van der Waals surface area contributed by atoms with Gasteiger partial charge in [0.2, 0.25) is 5.88 Å².